The molecule has 6 nitrogen and oxygen atoms in total. The first-order chi connectivity index (χ1) is 13.9. The second-order valence-electron chi connectivity index (χ2n) is 7.52. The topological polar surface area (TPSA) is 79.5 Å². The molecule has 154 valence electrons. The number of esters is 1. The van der Waals surface area contributed by atoms with Gasteiger partial charge in [0, 0.05) is 30.8 Å². The monoisotopic (exact) mass is 396 g/mol. The zero-order valence-electron chi connectivity index (χ0n) is 17.3. The van der Waals surface area contributed by atoms with Crippen molar-refractivity contribution in [3.63, 3.8) is 0 Å². The Morgan fingerprint density at radius 1 is 1.17 bits per heavy atom. The first-order valence-corrected chi connectivity index (χ1v) is 10.2. The van der Waals surface area contributed by atoms with Crippen molar-refractivity contribution >= 4 is 11.9 Å². The molecule has 1 heterocycles. The number of carbonyl (C=O) groups is 2. The number of rotatable bonds is 8. The fraction of sp³-hybridized carbons (Fsp3) is 0.435. The lowest BCUT2D eigenvalue weighted by atomic mass is 9.97. The molecule has 6 heteroatoms. The third-order valence-corrected chi connectivity index (χ3v) is 5.15. The van der Waals surface area contributed by atoms with Crippen LogP contribution in [-0.4, -0.2) is 34.9 Å². The Hall–Kier alpha value is -2.89. The Labute approximate surface area is 170 Å². The number of ether oxygens (including phenoxy) is 1. The van der Waals surface area contributed by atoms with Crippen LogP contribution in [0.3, 0.4) is 0 Å². The molecule has 3 rings (SSSR count). The van der Waals surface area contributed by atoms with Crippen molar-refractivity contribution in [3.8, 4) is 11.1 Å². The molecule has 0 saturated heterocycles. The SMILES string of the molecule is CCOC(=O)Cc1c[nH]c(=O)c(-c2ccc(C)cc2CN(CC)C(=O)C2CC2)c1. The number of hydrogen-bond acceptors (Lipinski definition) is 4. The highest BCUT2D eigenvalue weighted by Crippen LogP contribution is 2.32. The number of hydrogen-bond donors (Lipinski definition) is 1. The second kappa shape index (κ2) is 9.07. The number of aromatic nitrogens is 1. The summed E-state index contributed by atoms with van der Waals surface area (Å²) in [5, 5.41) is 0. The fourth-order valence-electron chi connectivity index (χ4n) is 3.47. The molecular formula is C23H28N2O4. The zero-order valence-corrected chi connectivity index (χ0v) is 17.3. The van der Waals surface area contributed by atoms with Crippen LogP contribution in [0.5, 0.6) is 0 Å². The first-order valence-electron chi connectivity index (χ1n) is 10.2. The van der Waals surface area contributed by atoms with Gasteiger partial charge in [0.15, 0.2) is 0 Å². The molecule has 29 heavy (non-hydrogen) atoms. The van der Waals surface area contributed by atoms with Crippen LogP contribution in [0.2, 0.25) is 0 Å². The van der Waals surface area contributed by atoms with E-state index in [-0.39, 0.29) is 29.8 Å². The number of nitrogens with zero attached hydrogens (tertiary/aromatic N) is 1. The first kappa shape index (κ1) is 20.8. The lowest BCUT2D eigenvalue weighted by Crippen LogP contribution is -2.31. The molecule has 1 aliphatic rings. The summed E-state index contributed by atoms with van der Waals surface area (Å²) in [6, 6.07) is 7.63. The molecule has 1 aromatic carbocycles. The number of aryl methyl sites for hydroxylation is 1. The molecule has 0 unspecified atom stereocenters. The molecule has 0 bridgehead atoms. The Kier molecular flexibility index (Phi) is 6.52. The van der Waals surface area contributed by atoms with Crippen LogP contribution in [-0.2, 0) is 27.3 Å². The maximum Gasteiger partial charge on any atom is 0.310 e. The van der Waals surface area contributed by atoms with Gasteiger partial charge >= 0.3 is 5.97 Å². The van der Waals surface area contributed by atoms with E-state index in [1.807, 2.05) is 36.9 Å². The van der Waals surface area contributed by atoms with Gasteiger partial charge in [-0.1, -0.05) is 23.8 Å². The number of amides is 1. The van der Waals surface area contributed by atoms with E-state index in [1.165, 1.54) is 0 Å². The highest BCUT2D eigenvalue weighted by molar-refractivity contribution is 5.81. The molecular weight excluding hydrogens is 368 g/mol. The Morgan fingerprint density at radius 3 is 2.59 bits per heavy atom. The zero-order chi connectivity index (χ0) is 21.0. The minimum Gasteiger partial charge on any atom is -0.466 e. The number of benzene rings is 1. The highest BCUT2D eigenvalue weighted by Gasteiger charge is 2.33. The van der Waals surface area contributed by atoms with Gasteiger partial charge in [0.05, 0.1) is 13.0 Å². The molecule has 1 aliphatic carbocycles. The van der Waals surface area contributed by atoms with Gasteiger partial charge in [-0.05, 0) is 56.4 Å². The van der Waals surface area contributed by atoms with Gasteiger partial charge in [-0.2, -0.15) is 0 Å². The number of pyridine rings is 1. The number of carbonyl (C=O) groups excluding carboxylic acids is 2. The lowest BCUT2D eigenvalue weighted by molar-refractivity contribution is -0.142. The molecule has 1 N–H and O–H groups in total. The predicted octanol–water partition coefficient (Wildman–Crippen LogP) is 3.21. The van der Waals surface area contributed by atoms with Crippen LogP contribution >= 0.6 is 0 Å². The van der Waals surface area contributed by atoms with Crippen molar-refractivity contribution < 1.29 is 14.3 Å². The minimum absolute atomic E-state index is 0.0973. The molecule has 1 aromatic heterocycles. The number of nitrogens with one attached hydrogen (secondary N) is 1. The molecule has 0 aliphatic heterocycles. The number of H-pyrrole nitrogens is 1. The van der Waals surface area contributed by atoms with E-state index in [9.17, 15) is 14.4 Å². The standard InChI is InChI=1S/C23H28N2O4/c1-4-25(23(28)17-7-8-17)14-18-10-15(3)6-9-19(18)20-11-16(13-24-22(20)27)12-21(26)29-5-2/h6,9-11,13,17H,4-5,7-8,12,14H2,1-3H3,(H,24,27). The molecule has 1 fully saturated rings. The van der Waals surface area contributed by atoms with Crippen LogP contribution in [0.4, 0.5) is 0 Å². The Balaban J connectivity index is 1.95. The summed E-state index contributed by atoms with van der Waals surface area (Å²) in [7, 11) is 0. The van der Waals surface area contributed by atoms with Crippen LogP contribution in [0.15, 0.2) is 35.3 Å². The van der Waals surface area contributed by atoms with Crippen molar-refractivity contribution in [1.82, 2.24) is 9.88 Å². The van der Waals surface area contributed by atoms with Crippen molar-refractivity contribution in [2.24, 2.45) is 5.92 Å². The summed E-state index contributed by atoms with van der Waals surface area (Å²) in [6.07, 6.45) is 3.57. The molecule has 0 atom stereocenters. The van der Waals surface area contributed by atoms with E-state index in [0.29, 0.717) is 30.8 Å². The maximum absolute atomic E-state index is 12.6. The third-order valence-electron chi connectivity index (χ3n) is 5.15. The van der Waals surface area contributed by atoms with Gasteiger partial charge in [0.2, 0.25) is 5.91 Å². The van der Waals surface area contributed by atoms with E-state index < -0.39 is 0 Å². The molecule has 1 saturated carbocycles. The summed E-state index contributed by atoms with van der Waals surface area (Å²) in [5.41, 5.74) is 3.74. The highest BCUT2D eigenvalue weighted by atomic mass is 16.5. The predicted molar refractivity (Wildman–Crippen MR) is 111 cm³/mol. The van der Waals surface area contributed by atoms with Gasteiger partial charge in [-0.25, -0.2) is 0 Å². The summed E-state index contributed by atoms with van der Waals surface area (Å²) in [6.45, 7) is 7.14. The van der Waals surface area contributed by atoms with E-state index in [1.54, 1.807) is 19.2 Å². The fourth-order valence-corrected chi connectivity index (χ4v) is 3.47. The summed E-state index contributed by atoms with van der Waals surface area (Å²) in [5.74, 6) is 0.00580. The Morgan fingerprint density at radius 2 is 1.93 bits per heavy atom. The molecule has 2 aromatic rings. The Bertz CT molecular complexity index is 960. The summed E-state index contributed by atoms with van der Waals surface area (Å²) < 4.78 is 5.01. The quantitative estimate of drug-likeness (QED) is 0.695. The van der Waals surface area contributed by atoms with Crippen molar-refractivity contribution in [1.29, 1.82) is 0 Å². The van der Waals surface area contributed by atoms with E-state index in [4.69, 9.17) is 4.74 Å². The maximum atomic E-state index is 12.6. The normalized spacial score (nSPS) is 13.2. The summed E-state index contributed by atoms with van der Waals surface area (Å²) in [4.78, 5) is 41.6. The third kappa shape index (κ3) is 5.13. The van der Waals surface area contributed by atoms with Gasteiger partial charge < -0.3 is 14.6 Å². The van der Waals surface area contributed by atoms with Crippen LogP contribution < -0.4 is 5.56 Å². The van der Waals surface area contributed by atoms with Crippen LogP contribution in [0, 0.1) is 12.8 Å². The average molecular weight is 396 g/mol. The van der Waals surface area contributed by atoms with Crippen molar-refractivity contribution in [3.05, 3.63) is 57.5 Å². The van der Waals surface area contributed by atoms with Crippen LogP contribution in [0.25, 0.3) is 11.1 Å². The van der Waals surface area contributed by atoms with Gasteiger partial charge in [0.1, 0.15) is 0 Å². The van der Waals surface area contributed by atoms with E-state index in [2.05, 4.69) is 4.98 Å². The largest absolute Gasteiger partial charge is 0.466 e. The molecule has 1 amide bonds. The minimum atomic E-state index is -0.332. The molecule has 0 spiro atoms. The number of aromatic amines is 1. The van der Waals surface area contributed by atoms with E-state index >= 15 is 0 Å². The smallest absolute Gasteiger partial charge is 0.310 e. The van der Waals surface area contributed by atoms with Gasteiger partial charge in [0.25, 0.3) is 5.56 Å². The van der Waals surface area contributed by atoms with Gasteiger partial charge in [-0.3, -0.25) is 14.4 Å². The lowest BCUT2D eigenvalue weighted by Gasteiger charge is -2.23. The molecule has 0 radical (unpaired) electrons. The van der Waals surface area contributed by atoms with E-state index in [0.717, 1.165) is 29.5 Å². The van der Waals surface area contributed by atoms with Crippen molar-refractivity contribution in [2.45, 2.75) is 46.6 Å². The second-order valence-corrected chi connectivity index (χ2v) is 7.52. The van der Waals surface area contributed by atoms with Gasteiger partial charge in [-0.15, -0.1) is 0 Å². The van der Waals surface area contributed by atoms with Crippen molar-refractivity contribution in [2.75, 3.05) is 13.2 Å². The average Bonchev–Trinajstić information content (AvgIpc) is 3.53. The summed E-state index contributed by atoms with van der Waals surface area (Å²) >= 11 is 0. The van der Waals surface area contributed by atoms with Crippen LogP contribution in [0.1, 0.15) is 43.4 Å².